The minimum Gasteiger partial charge on any atom is -0.480 e. The maximum atomic E-state index is 11.9. The molecule has 2 fully saturated rings. The molecule has 2 heterocycles. The average molecular weight is 242 g/mol. The van der Waals surface area contributed by atoms with Gasteiger partial charge < -0.3 is 20.5 Å². The number of carbonyl (C=O) groups is 2. The molecule has 6 heteroatoms. The van der Waals surface area contributed by atoms with E-state index < -0.39 is 11.5 Å². The molecule has 0 aliphatic carbocycles. The van der Waals surface area contributed by atoms with Crippen LogP contribution in [0.1, 0.15) is 25.7 Å². The van der Waals surface area contributed by atoms with Crippen molar-refractivity contribution in [3.05, 3.63) is 0 Å². The highest BCUT2D eigenvalue weighted by atomic mass is 16.5. The first kappa shape index (κ1) is 12.3. The van der Waals surface area contributed by atoms with Gasteiger partial charge in [0.2, 0.25) is 5.91 Å². The van der Waals surface area contributed by atoms with Gasteiger partial charge in [0.25, 0.3) is 0 Å². The number of carbonyl (C=O) groups excluding carboxylic acids is 1. The molecule has 3 N–H and O–H groups in total. The zero-order chi connectivity index (χ0) is 12.3. The van der Waals surface area contributed by atoms with Crippen LogP contribution < -0.4 is 10.6 Å². The van der Waals surface area contributed by atoms with Crippen molar-refractivity contribution < 1.29 is 19.4 Å². The summed E-state index contributed by atoms with van der Waals surface area (Å²) in [5.41, 5.74) is -1.14. The molecule has 0 aromatic heterocycles. The zero-order valence-corrected chi connectivity index (χ0v) is 9.70. The zero-order valence-electron chi connectivity index (χ0n) is 9.70. The number of rotatable bonds is 3. The van der Waals surface area contributed by atoms with Crippen molar-refractivity contribution in [3.63, 3.8) is 0 Å². The largest absolute Gasteiger partial charge is 0.480 e. The van der Waals surface area contributed by atoms with Crippen molar-refractivity contribution in [2.45, 2.75) is 37.3 Å². The predicted octanol–water partition coefficient (Wildman–Crippen LogP) is -0.512. The van der Waals surface area contributed by atoms with Crippen LogP contribution in [0.3, 0.4) is 0 Å². The van der Waals surface area contributed by atoms with Crippen LogP contribution in [0.4, 0.5) is 0 Å². The summed E-state index contributed by atoms with van der Waals surface area (Å²) in [6.07, 6.45) is 2.40. The molecule has 0 bridgehead atoms. The van der Waals surface area contributed by atoms with Crippen LogP contribution in [0.15, 0.2) is 0 Å². The summed E-state index contributed by atoms with van der Waals surface area (Å²) in [4.78, 5) is 23.3. The Labute approximate surface area is 99.7 Å². The van der Waals surface area contributed by atoms with Gasteiger partial charge >= 0.3 is 5.97 Å². The molecule has 2 aliphatic heterocycles. The third-order valence-electron chi connectivity index (χ3n) is 3.50. The molecule has 2 rings (SSSR count). The predicted molar refractivity (Wildman–Crippen MR) is 59.6 cm³/mol. The van der Waals surface area contributed by atoms with Crippen LogP contribution in [0.2, 0.25) is 0 Å². The topological polar surface area (TPSA) is 87.7 Å². The number of carboxylic acids is 1. The first-order valence-electron chi connectivity index (χ1n) is 6.01. The lowest BCUT2D eigenvalue weighted by Gasteiger charge is -2.34. The van der Waals surface area contributed by atoms with Crippen molar-refractivity contribution in [1.29, 1.82) is 0 Å². The van der Waals surface area contributed by atoms with E-state index in [0.717, 1.165) is 19.4 Å². The first-order valence-corrected chi connectivity index (χ1v) is 6.01. The van der Waals surface area contributed by atoms with Crippen LogP contribution >= 0.6 is 0 Å². The van der Waals surface area contributed by atoms with Crippen LogP contribution in [0.25, 0.3) is 0 Å². The fraction of sp³-hybridized carbons (Fsp3) is 0.818. The fourth-order valence-corrected chi connectivity index (χ4v) is 2.34. The molecule has 96 valence electrons. The second-order valence-corrected chi connectivity index (χ2v) is 4.64. The maximum Gasteiger partial charge on any atom is 0.329 e. The van der Waals surface area contributed by atoms with Gasteiger partial charge in [-0.05, 0) is 19.4 Å². The summed E-state index contributed by atoms with van der Waals surface area (Å²) in [5, 5.41) is 15.0. The normalized spacial score (nSPS) is 27.6. The lowest BCUT2D eigenvalue weighted by Crippen LogP contribution is -2.60. The SMILES string of the molecule is O=C(NC1(C(=O)O)CCOCC1)[C@@H]1CCCN1. The van der Waals surface area contributed by atoms with Crippen molar-refractivity contribution in [2.75, 3.05) is 19.8 Å². The summed E-state index contributed by atoms with van der Waals surface area (Å²) in [5.74, 6) is -1.17. The molecule has 2 aliphatic rings. The van der Waals surface area contributed by atoms with Gasteiger partial charge in [-0.2, -0.15) is 0 Å². The molecule has 0 aromatic carbocycles. The highest BCUT2D eigenvalue weighted by Gasteiger charge is 2.42. The van der Waals surface area contributed by atoms with Crippen molar-refractivity contribution >= 4 is 11.9 Å². The van der Waals surface area contributed by atoms with Crippen LogP contribution in [0.5, 0.6) is 0 Å². The number of ether oxygens (including phenoxy) is 1. The average Bonchev–Trinajstić information content (AvgIpc) is 2.83. The van der Waals surface area contributed by atoms with Crippen LogP contribution in [-0.2, 0) is 14.3 Å². The number of hydrogen-bond acceptors (Lipinski definition) is 4. The molecule has 0 radical (unpaired) electrons. The Morgan fingerprint density at radius 3 is 2.59 bits per heavy atom. The second-order valence-electron chi connectivity index (χ2n) is 4.64. The van der Waals surface area contributed by atoms with Gasteiger partial charge in [-0.25, -0.2) is 4.79 Å². The molecular weight excluding hydrogens is 224 g/mol. The number of aliphatic carboxylic acids is 1. The standard InChI is InChI=1S/C11H18N2O4/c14-9(8-2-1-5-12-8)13-11(10(15)16)3-6-17-7-4-11/h8,12H,1-7H2,(H,13,14)(H,15,16)/t8-/m0/s1. The van der Waals surface area contributed by atoms with Gasteiger partial charge in [-0.1, -0.05) is 0 Å². The molecule has 0 aromatic rings. The van der Waals surface area contributed by atoms with E-state index in [1.807, 2.05) is 0 Å². The Bertz CT molecular complexity index is 307. The van der Waals surface area contributed by atoms with Crippen LogP contribution in [0, 0.1) is 0 Å². The quantitative estimate of drug-likeness (QED) is 0.620. The van der Waals surface area contributed by atoms with Gasteiger partial charge in [-0.3, -0.25) is 4.79 Å². The van der Waals surface area contributed by atoms with Crippen LogP contribution in [-0.4, -0.2) is 48.3 Å². The smallest absolute Gasteiger partial charge is 0.329 e. The lowest BCUT2D eigenvalue weighted by atomic mass is 9.89. The number of carboxylic acid groups (broad SMARTS) is 1. The molecule has 0 unspecified atom stereocenters. The highest BCUT2D eigenvalue weighted by Crippen LogP contribution is 2.21. The van der Waals surface area contributed by atoms with Crippen molar-refractivity contribution in [2.24, 2.45) is 0 Å². The maximum absolute atomic E-state index is 11.9. The Morgan fingerprint density at radius 2 is 2.06 bits per heavy atom. The third kappa shape index (κ3) is 2.58. The Balaban J connectivity index is 2.01. The molecule has 17 heavy (non-hydrogen) atoms. The summed E-state index contributed by atoms with van der Waals surface area (Å²) in [6, 6.07) is -0.242. The summed E-state index contributed by atoms with van der Waals surface area (Å²) in [6.45, 7) is 1.58. The molecular formula is C11H18N2O4. The highest BCUT2D eigenvalue weighted by molar-refractivity contribution is 5.89. The number of amides is 1. The molecule has 1 atom stereocenters. The summed E-state index contributed by atoms with van der Waals surface area (Å²) >= 11 is 0. The third-order valence-corrected chi connectivity index (χ3v) is 3.50. The van der Waals surface area contributed by atoms with E-state index in [0.29, 0.717) is 26.1 Å². The molecule has 0 saturated carbocycles. The van der Waals surface area contributed by atoms with E-state index in [-0.39, 0.29) is 11.9 Å². The van der Waals surface area contributed by atoms with E-state index in [4.69, 9.17) is 4.74 Å². The van der Waals surface area contributed by atoms with Gasteiger partial charge in [0.05, 0.1) is 6.04 Å². The lowest BCUT2D eigenvalue weighted by molar-refractivity contribution is -0.152. The van der Waals surface area contributed by atoms with E-state index in [1.54, 1.807) is 0 Å². The van der Waals surface area contributed by atoms with Gasteiger partial charge in [-0.15, -0.1) is 0 Å². The van der Waals surface area contributed by atoms with E-state index >= 15 is 0 Å². The molecule has 0 spiro atoms. The van der Waals surface area contributed by atoms with Gasteiger partial charge in [0, 0.05) is 26.1 Å². The fourth-order valence-electron chi connectivity index (χ4n) is 2.34. The molecule has 6 nitrogen and oxygen atoms in total. The second kappa shape index (κ2) is 5.01. The molecule has 2 saturated heterocycles. The van der Waals surface area contributed by atoms with E-state index in [9.17, 15) is 14.7 Å². The van der Waals surface area contributed by atoms with E-state index in [2.05, 4.69) is 10.6 Å². The van der Waals surface area contributed by atoms with Crippen molar-refractivity contribution in [1.82, 2.24) is 10.6 Å². The van der Waals surface area contributed by atoms with Gasteiger partial charge in [0.15, 0.2) is 0 Å². The Kier molecular flexibility index (Phi) is 3.63. The molecule has 1 amide bonds. The van der Waals surface area contributed by atoms with E-state index in [1.165, 1.54) is 0 Å². The van der Waals surface area contributed by atoms with Gasteiger partial charge in [0.1, 0.15) is 5.54 Å². The number of hydrogen-bond donors (Lipinski definition) is 3. The monoisotopic (exact) mass is 242 g/mol. The summed E-state index contributed by atoms with van der Waals surface area (Å²) in [7, 11) is 0. The number of nitrogens with one attached hydrogen (secondary N) is 2. The minimum absolute atomic E-state index is 0.202. The first-order chi connectivity index (χ1) is 8.14. The Morgan fingerprint density at radius 1 is 1.35 bits per heavy atom. The summed E-state index contributed by atoms with van der Waals surface area (Å²) < 4.78 is 5.15. The van der Waals surface area contributed by atoms with Crippen molar-refractivity contribution in [3.8, 4) is 0 Å². The minimum atomic E-state index is -1.14. The Hall–Kier alpha value is -1.14.